The van der Waals surface area contributed by atoms with Gasteiger partial charge < -0.3 is 14.6 Å². The van der Waals surface area contributed by atoms with Crippen LogP contribution in [0.5, 0.6) is 0 Å². The number of aliphatic hydroxyl groups is 1. The van der Waals surface area contributed by atoms with Crippen molar-refractivity contribution >= 4 is 5.97 Å². The average Bonchev–Trinajstić information content (AvgIpc) is 1.98. The first-order valence-corrected chi connectivity index (χ1v) is 2.79. The van der Waals surface area contributed by atoms with E-state index in [1.807, 2.05) is 0 Å². The van der Waals surface area contributed by atoms with Crippen molar-refractivity contribution < 1.29 is 19.4 Å². The Morgan fingerprint density at radius 3 is 2.80 bits per heavy atom. The zero-order chi connectivity index (χ0) is 7.82. The zero-order valence-electron chi connectivity index (χ0n) is 5.58. The minimum Gasteiger partial charge on any atom is -0.460 e. The van der Waals surface area contributed by atoms with Gasteiger partial charge in [0.25, 0.3) is 0 Å². The molecule has 0 aliphatic heterocycles. The van der Waals surface area contributed by atoms with Gasteiger partial charge in [-0.1, -0.05) is 6.58 Å². The first-order valence-electron chi connectivity index (χ1n) is 2.79. The Kier molecular flexibility index (Phi) is 5.71. The largest absolute Gasteiger partial charge is 0.460 e. The molecule has 0 aromatic rings. The molecule has 0 fully saturated rings. The van der Waals surface area contributed by atoms with Gasteiger partial charge >= 0.3 is 5.97 Å². The van der Waals surface area contributed by atoms with E-state index < -0.39 is 5.97 Å². The topological polar surface area (TPSA) is 55.8 Å². The molecule has 0 saturated carbocycles. The molecule has 0 rings (SSSR count). The van der Waals surface area contributed by atoms with Gasteiger partial charge in [0.2, 0.25) is 0 Å². The molecule has 0 unspecified atom stereocenters. The molecule has 0 bridgehead atoms. The van der Waals surface area contributed by atoms with Gasteiger partial charge in [0.05, 0.1) is 6.61 Å². The van der Waals surface area contributed by atoms with Crippen LogP contribution in [0.25, 0.3) is 0 Å². The van der Waals surface area contributed by atoms with Crippen LogP contribution in [0, 0.1) is 0 Å². The van der Waals surface area contributed by atoms with Crippen LogP contribution >= 0.6 is 0 Å². The highest BCUT2D eigenvalue weighted by atomic mass is 16.6. The molecule has 1 N–H and O–H groups in total. The standard InChI is InChI=1S/C6H10O4/c1-2-6(8)10-4-3-9-5-7/h2,7H,1,3-5H2. The van der Waals surface area contributed by atoms with E-state index in [4.69, 9.17) is 5.11 Å². The summed E-state index contributed by atoms with van der Waals surface area (Å²) in [7, 11) is 0. The number of carbonyl (C=O) groups excluding carboxylic acids is 1. The number of hydrogen-bond acceptors (Lipinski definition) is 4. The minimum atomic E-state index is -0.485. The third kappa shape index (κ3) is 5.27. The molecule has 0 radical (unpaired) electrons. The fraction of sp³-hybridized carbons (Fsp3) is 0.500. The van der Waals surface area contributed by atoms with Crippen molar-refractivity contribution in [3.63, 3.8) is 0 Å². The van der Waals surface area contributed by atoms with Crippen molar-refractivity contribution in [2.24, 2.45) is 0 Å². The van der Waals surface area contributed by atoms with E-state index in [0.717, 1.165) is 6.08 Å². The van der Waals surface area contributed by atoms with E-state index in [-0.39, 0.29) is 20.0 Å². The maximum Gasteiger partial charge on any atom is 0.330 e. The quantitative estimate of drug-likeness (QED) is 0.250. The third-order valence-electron chi connectivity index (χ3n) is 0.730. The van der Waals surface area contributed by atoms with Crippen LogP contribution in [-0.4, -0.2) is 31.1 Å². The van der Waals surface area contributed by atoms with E-state index in [0.29, 0.717) is 0 Å². The summed E-state index contributed by atoms with van der Waals surface area (Å²) in [6.45, 7) is 3.19. The number of esters is 1. The molecule has 0 aromatic heterocycles. The fourth-order valence-electron chi connectivity index (χ4n) is 0.325. The lowest BCUT2D eigenvalue weighted by molar-refractivity contribution is -0.140. The monoisotopic (exact) mass is 146 g/mol. The molecule has 58 valence electrons. The third-order valence-corrected chi connectivity index (χ3v) is 0.730. The van der Waals surface area contributed by atoms with Crippen molar-refractivity contribution in [3.05, 3.63) is 12.7 Å². The molecular weight excluding hydrogens is 136 g/mol. The summed E-state index contributed by atoms with van der Waals surface area (Å²) >= 11 is 0. The highest BCUT2D eigenvalue weighted by Crippen LogP contribution is 1.79. The second kappa shape index (κ2) is 6.25. The molecule has 0 aromatic carbocycles. The molecule has 4 heteroatoms. The molecule has 0 atom stereocenters. The molecule has 0 amide bonds. The van der Waals surface area contributed by atoms with Crippen LogP contribution < -0.4 is 0 Å². The van der Waals surface area contributed by atoms with Crippen molar-refractivity contribution in [1.29, 1.82) is 0 Å². The summed E-state index contributed by atoms with van der Waals surface area (Å²) in [5.41, 5.74) is 0. The van der Waals surface area contributed by atoms with Crippen molar-refractivity contribution in [1.82, 2.24) is 0 Å². The smallest absolute Gasteiger partial charge is 0.330 e. The summed E-state index contributed by atoms with van der Waals surface area (Å²) in [6.07, 6.45) is 1.07. The summed E-state index contributed by atoms with van der Waals surface area (Å²) < 4.78 is 8.97. The SMILES string of the molecule is C=CC(=O)OCCOCO. The van der Waals surface area contributed by atoms with Gasteiger partial charge in [-0.15, -0.1) is 0 Å². The first kappa shape index (κ1) is 9.13. The number of carbonyl (C=O) groups is 1. The normalized spacial score (nSPS) is 8.90. The highest BCUT2D eigenvalue weighted by Gasteiger charge is 1.92. The van der Waals surface area contributed by atoms with Gasteiger partial charge in [-0.25, -0.2) is 4.79 Å². The second-order valence-electron chi connectivity index (χ2n) is 1.41. The molecule has 10 heavy (non-hydrogen) atoms. The summed E-state index contributed by atoms with van der Waals surface area (Å²) in [5.74, 6) is -0.485. The van der Waals surface area contributed by atoms with E-state index in [1.165, 1.54) is 0 Å². The maximum absolute atomic E-state index is 10.3. The van der Waals surface area contributed by atoms with Crippen molar-refractivity contribution in [3.8, 4) is 0 Å². The van der Waals surface area contributed by atoms with Crippen LogP contribution in [0.3, 0.4) is 0 Å². The Hall–Kier alpha value is -0.870. The molecule has 0 aliphatic rings. The number of ether oxygens (including phenoxy) is 2. The molecule has 0 heterocycles. The van der Waals surface area contributed by atoms with Gasteiger partial charge in [-0.2, -0.15) is 0 Å². The van der Waals surface area contributed by atoms with Crippen LogP contribution in [-0.2, 0) is 14.3 Å². The lowest BCUT2D eigenvalue weighted by atomic mass is 10.6. The Morgan fingerprint density at radius 1 is 1.60 bits per heavy atom. The molecule has 0 saturated heterocycles. The van der Waals surface area contributed by atoms with E-state index >= 15 is 0 Å². The summed E-state index contributed by atoms with van der Waals surface area (Å²) in [5, 5.41) is 8.11. The summed E-state index contributed by atoms with van der Waals surface area (Å²) in [6, 6.07) is 0. The van der Waals surface area contributed by atoms with Crippen LogP contribution in [0.4, 0.5) is 0 Å². The Bertz CT molecular complexity index is 110. The minimum absolute atomic E-state index is 0.144. The average molecular weight is 146 g/mol. The molecule has 4 nitrogen and oxygen atoms in total. The highest BCUT2D eigenvalue weighted by molar-refractivity contribution is 5.81. The van der Waals surface area contributed by atoms with Crippen LogP contribution in [0.15, 0.2) is 12.7 Å². The van der Waals surface area contributed by atoms with Crippen molar-refractivity contribution in [2.45, 2.75) is 0 Å². The second-order valence-corrected chi connectivity index (χ2v) is 1.41. The Morgan fingerprint density at radius 2 is 2.30 bits per heavy atom. The zero-order valence-corrected chi connectivity index (χ0v) is 5.58. The molecule has 0 aliphatic carbocycles. The lowest BCUT2D eigenvalue weighted by Gasteiger charge is -1.99. The number of aliphatic hydroxyl groups excluding tert-OH is 1. The molecule has 0 spiro atoms. The number of hydrogen-bond donors (Lipinski definition) is 1. The fourth-order valence-corrected chi connectivity index (χ4v) is 0.325. The van der Waals surface area contributed by atoms with E-state index in [9.17, 15) is 4.79 Å². The lowest BCUT2D eigenvalue weighted by Crippen LogP contribution is -2.08. The van der Waals surface area contributed by atoms with Gasteiger partial charge in [0, 0.05) is 6.08 Å². The predicted octanol–water partition coefficient (Wildman–Crippen LogP) is -0.318. The van der Waals surface area contributed by atoms with Crippen molar-refractivity contribution in [2.75, 3.05) is 20.0 Å². The first-order chi connectivity index (χ1) is 4.81. The Labute approximate surface area is 59.1 Å². The van der Waals surface area contributed by atoms with Gasteiger partial charge in [-0.3, -0.25) is 0 Å². The van der Waals surface area contributed by atoms with Gasteiger partial charge in [0.15, 0.2) is 0 Å². The predicted molar refractivity (Wildman–Crippen MR) is 34.2 cm³/mol. The van der Waals surface area contributed by atoms with E-state index in [1.54, 1.807) is 0 Å². The summed E-state index contributed by atoms with van der Waals surface area (Å²) in [4.78, 5) is 10.3. The van der Waals surface area contributed by atoms with Gasteiger partial charge in [0.1, 0.15) is 13.4 Å². The van der Waals surface area contributed by atoms with E-state index in [2.05, 4.69) is 16.1 Å². The van der Waals surface area contributed by atoms with Gasteiger partial charge in [-0.05, 0) is 0 Å². The molecular formula is C6H10O4. The Balaban J connectivity index is 3.03. The maximum atomic E-state index is 10.3. The van der Waals surface area contributed by atoms with Crippen LogP contribution in [0.1, 0.15) is 0 Å². The van der Waals surface area contributed by atoms with Crippen LogP contribution in [0.2, 0.25) is 0 Å². The number of rotatable bonds is 5.